The summed E-state index contributed by atoms with van der Waals surface area (Å²) in [7, 11) is 0. The van der Waals surface area contributed by atoms with E-state index in [0.29, 0.717) is 6.04 Å². The van der Waals surface area contributed by atoms with Crippen LogP contribution in [-0.4, -0.2) is 29.2 Å². The van der Waals surface area contributed by atoms with Crippen molar-refractivity contribution in [3.8, 4) is 0 Å². The van der Waals surface area contributed by atoms with E-state index in [1.165, 1.54) is 25.7 Å². The lowest BCUT2D eigenvalue weighted by Crippen LogP contribution is -2.42. The lowest BCUT2D eigenvalue weighted by Gasteiger charge is -2.32. The maximum atomic E-state index is 11.9. The third kappa shape index (κ3) is 2.29. The Labute approximate surface area is 105 Å². The zero-order valence-corrected chi connectivity index (χ0v) is 11.2. The van der Waals surface area contributed by atoms with Crippen molar-refractivity contribution in [1.82, 2.24) is 4.90 Å². The first-order valence-electron chi connectivity index (χ1n) is 7.23. The number of cyclic esters (lactones) is 1. The van der Waals surface area contributed by atoms with Gasteiger partial charge in [0.05, 0.1) is 6.04 Å². The molecule has 0 aliphatic carbocycles. The molecule has 2 saturated heterocycles. The fourth-order valence-electron chi connectivity index (χ4n) is 3.35. The summed E-state index contributed by atoms with van der Waals surface area (Å²) in [4.78, 5) is 13.9. The predicted molar refractivity (Wildman–Crippen MR) is 68.0 cm³/mol. The van der Waals surface area contributed by atoms with Crippen molar-refractivity contribution >= 4 is 6.09 Å². The molecule has 17 heavy (non-hydrogen) atoms. The van der Waals surface area contributed by atoms with Gasteiger partial charge in [-0.05, 0) is 38.5 Å². The number of hydrogen-bond donors (Lipinski definition) is 0. The first-order valence-corrected chi connectivity index (χ1v) is 7.23. The molecule has 0 unspecified atom stereocenters. The van der Waals surface area contributed by atoms with Crippen molar-refractivity contribution < 1.29 is 9.53 Å². The molecule has 2 fully saturated rings. The molecule has 2 aliphatic heterocycles. The molecule has 0 aromatic heterocycles. The summed E-state index contributed by atoms with van der Waals surface area (Å²) in [6, 6.07) is 0.369. The van der Waals surface area contributed by atoms with Gasteiger partial charge in [-0.2, -0.15) is 0 Å². The molecule has 2 aliphatic rings. The average Bonchev–Trinajstić information content (AvgIpc) is 2.89. The fraction of sp³-hybridized carbons (Fsp3) is 0.929. The normalized spacial score (nSPS) is 26.1. The molecule has 0 N–H and O–H groups in total. The summed E-state index contributed by atoms with van der Waals surface area (Å²) in [5.41, 5.74) is -0.153. The third-order valence-corrected chi connectivity index (χ3v) is 4.29. The van der Waals surface area contributed by atoms with Crippen LogP contribution in [0.1, 0.15) is 65.2 Å². The van der Waals surface area contributed by atoms with Crippen LogP contribution in [0.4, 0.5) is 4.79 Å². The Morgan fingerprint density at radius 2 is 1.94 bits per heavy atom. The van der Waals surface area contributed by atoms with E-state index in [2.05, 4.69) is 13.8 Å². The Bertz CT molecular complexity index is 269. The van der Waals surface area contributed by atoms with Crippen molar-refractivity contribution in [2.45, 2.75) is 76.9 Å². The zero-order valence-electron chi connectivity index (χ0n) is 11.2. The summed E-state index contributed by atoms with van der Waals surface area (Å²) in [6.07, 6.45) is 9.03. The van der Waals surface area contributed by atoms with Crippen molar-refractivity contribution in [2.75, 3.05) is 6.54 Å². The monoisotopic (exact) mass is 239 g/mol. The Balaban J connectivity index is 2.11. The van der Waals surface area contributed by atoms with Crippen LogP contribution < -0.4 is 0 Å². The second kappa shape index (κ2) is 5.28. The van der Waals surface area contributed by atoms with E-state index >= 15 is 0 Å². The zero-order chi connectivity index (χ0) is 12.3. The fourth-order valence-corrected chi connectivity index (χ4v) is 3.35. The van der Waals surface area contributed by atoms with Gasteiger partial charge < -0.3 is 9.64 Å². The predicted octanol–water partition coefficient (Wildman–Crippen LogP) is 3.72. The van der Waals surface area contributed by atoms with Crippen LogP contribution >= 0.6 is 0 Å². The van der Waals surface area contributed by atoms with Crippen molar-refractivity contribution in [3.63, 3.8) is 0 Å². The van der Waals surface area contributed by atoms with E-state index in [0.717, 1.165) is 32.2 Å². The summed E-state index contributed by atoms with van der Waals surface area (Å²) in [5.74, 6) is 0. The molecule has 3 heteroatoms. The van der Waals surface area contributed by atoms with Crippen molar-refractivity contribution in [1.29, 1.82) is 0 Å². The highest BCUT2D eigenvalue weighted by atomic mass is 16.6. The molecular weight excluding hydrogens is 214 g/mol. The van der Waals surface area contributed by atoms with Gasteiger partial charge in [-0.15, -0.1) is 0 Å². The maximum Gasteiger partial charge on any atom is 0.410 e. The Morgan fingerprint density at radius 3 is 2.53 bits per heavy atom. The number of nitrogens with zero attached hydrogens (tertiary/aromatic N) is 1. The standard InChI is InChI=1S/C14H25NO2/c1-3-5-9-14(10-6-4-2)12-8-7-11-15(12)13(16)17-14/h12H,3-11H2,1-2H3/t12-/m0/s1. The van der Waals surface area contributed by atoms with Gasteiger partial charge in [0, 0.05) is 6.54 Å². The highest BCUT2D eigenvalue weighted by Crippen LogP contribution is 2.43. The Kier molecular flexibility index (Phi) is 3.95. The molecule has 2 heterocycles. The molecule has 0 aromatic carbocycles. The van der Waals surface area contributed by atoms with Gasteiger partial charge in [-0.25, -0.2) is 4.79 Å². The number of amides is 1. The lowest BCUT2D eigenvalue weighted by atomic mass is 9.83. The minimum Gasteiger partial charge on any atom is -0.441 e. The SMILES string of the molecule is CCCCC1(CCCC)OC(=O)N2CCC[C@H]21. The molecule has 1 amide bonds. The van der Waals surface area contributed by atoms with Gasteiger partial charge >= 0.3 is 6.09 Å². The number of unbranched alkanes of at least 4 members (excludes halogenated alkanes) is 2. The smallest absolute Gasteiger partial charge is 0.410 e. The van der Waals surface area contributed by atoms with Gasteiger partial charge in [-0.1, -0.05) is 26.7 Å². The summed E-state index contributed by atoms with van der Waals surface area (Å²) < 4.78 is 5.81. The van der Waals surface area contributed by atoms with E-state index in [1.807, 2.05) is 4.90 Å². The molecule has 98 valence electrons. The number of hydrogen-bond acceptors (Lipinski definition) is 2. The van der Waals surface area contributed by atoms with Crippen LogP contribution in [0.3, 0.4) is 0 Å². The number of carbonyl (C=O) groups is 1. The van der Waals surface area contributed by atoms with Crippen LogP contribution in [0.25, 0.3) is 0 Å². The van der Waals surface area contributed by atoms with Gasteiger partial charge in [0.25, 0.3) is 0 Å². The highest BCUT2D eigenvalue weighted by molar-refractivity contribution is 5.72. The number of ether oxygens (including phenoxy) is 1. The van der Waals surface area contributed by atoms with Crippen molar-refractivity contribution in [3.05, 3.63) is 0 Å². The van der Waals surface area contributed by atoms with Crippen LogP contribution in [0.15, 0.2) is 0 Å². The van der Waals surface area contributed by atoms with Gasteiger partial charge in [0.15, 0.2) is 0 Å². The van der Waals surface area contributed by atoms with E-state index in [1.54, 1.807) is 0 Å². The van der Waals surface area contributed by atoms with Crippen LogP contribution in [-0.2, 0) is 4.74 Å². The first kappa shape index (κ1) is 12.7. The van der Waals surface area contributed by atoms with E-state index in [-0.39, 0.29) is 11.7 Å². The minimum atomic E-state index is -0.153. The number of fused-ring (bicyclic) bond motifs is 1. The van der Waals surface area contributed by atoms with E-state index < -0.39 is 0 Å². The quantitative estimate of drug-likeness (QED) is 0.707. The van der Waals surface area contributed by atoms with Gasteiger partial charge in [-0.3, -0.25) is 0 Å². The number of carbonyl (C=O) groups excluding carboxylic acids is 1. The molecule has 0 saturated carbocycles. The number of rotatable bonds is 6. The van der Waals surface area contributed by atoms with Gasteiger partial charge in [0.1, 0.15) is 5.60 Å². The molecule has 0 bridgehead atoms. The summed E-state index contributed by atoms with van der Waals surface area (Å²) >= 11 is 0. The lowest BCUT2D eigenvalue weighted by molar-refractivity contribution is 0.0158. The Hall–Kier alpha value is -0.730. The molecule has 0 aromatic rings. The third-order valence-electron chi connectivity index (χ3n) is 4.29. The van der Waals surface area contributed by atoms with Crippen LogP contribution in [0, 0.1) is 0 Å². The second-order valence-corrected chi connectivity index (χ2v) is 5.49. The van der Waals surface area contributed by atoms with Crippen LogP contribution in [0.5, 0.6) is 0 Å². The average molecular weight is 239 g/mol. The molecule has 0 spiro atoms. The maximum absolute atomic E-state index is 11.9. The molecule has 2 rings (SSSR count). The summed E-state index contributed by atoms with van der Waals surface area (Å²) in [5, 5.41) is 0. The topological polar surface area (TPSA) is 29.5 Å². The molecule has 0 radical (unpaired) electrons. The molecule has 3 nitrogen and oxygen atoms in total. The first-order chi connectivity index (χ1) is 8.23. The molecule has 1 atom stereocenters. The Morgan fingerprint density at radius 1 is 1.29 bits per heavy atom. The highest BCUT2D eigenvalue weighted by Gasteiger charge is 2.54. The summed E-state index contributed by atoms with van der Waals surface area (Å²) in [6.45, 7) is 5.32. The molecular formula is C14H25NO2. The van der Waals surface area contributed by atoms with E-state index in [9.17, 15) is 4.79 Å². The van der Waals surface area contributed by atoms with Crippen LogP contribution in [0.2, 0.25) is 0 Å². The second-order valence-electron chi connectivity index (χ2n) is 5.49. The van der Waals surface area contributed by atoms with Crippen molar-refractivity contribution in [2.24, 2.45) is 0 Å². The minimum absolute atomic E-state index is 0.0558. The van der Waals surface area contributed by atoms with Gasteiger partial charge in [0.2, 0.25) is 0 Å². The largest absolute Gasteiger partial charge is 0.441 e. The van der Waals surface area contributed by atoms with E-state index in [4.69, 9.17) is 4.74 Å².